The quantitative estimate of drug-likeness (QED) is 0.522. The summed E-state index contributed by atoms with van der Waals surface area (Å²) in [5, 5.41) is 14.4. The SMILES string of the molecule is N#Cc1ccc(NC(=O)CC2C(=O)Nc3ccccc3N2S(=O)(=O)c2ccc(Cl)c(Cl)c2)cc1. The van der Waals surface area contributed by atoms with Crippen molar-refractivity contribution in [3.05, 3.63) is 82.3 Å². The van der Waals surface area contributed by atoms with E-state index in [1.165, 1.54) is 48.5 Å². The zero-order valence-electron chi connectivity index (χ0n) is 17.3. The van der Waals surface area contributed by atoms with E-state index < -0.39 is 34.3 Å². The van der Waals surface area contributed by atoms with Crippen molar-refractivity contribution >= 4 is 62.1 Å². The van der Waals surface area contributed by atoms with E-state index in [4.69, 9.17) is 28.5 Å². The first-order valence-corrected chi connectivity index (χ1v) is 12.1. The Labute approximate surface area is 205 Å². The van der Waals surface area contributed by atoms with Crippen LogP contribution in [0.5, 0.6) is 0 Å². The van der Waals surface area contributed by atoms with Gasteiger partial charge in [0.15, 0.2) is 0 Å². The summed E-state index contributed by atoms with van der Waals surface area (Å²) in [5.41, 5.74) is 1.32. The average Bonchev–Trinajstić information content (AvgIpc) is 2.81. The van der Waals surface area contributed by atoms with E-state index in [2.05, 4.69) is 10.6 Å². The molecule has 34 heavy (non-hydrogen) atoms. The maximum absolute atomic E-state index is 13.7. The minimum Gasteiger partial charge on any atom is -0.326 e. The third-order valence-electron chi connectivity index (χ3n) is 5.11. The van der Waals surface area contributed by atoms with Crippen molar-refractivity contribution in [2.24, 2.45) is 0 Å². The van der Waals surface area contributed by atoms with Crippen molar-refractivity contribution in [3.8, 4) is 6.07 Å². The van der Waals surface area contributed by atoms with Gasteiger partial charge in [0, 0.05) is 5.69 Å². The number of nitrogens with one attached hydrogen (secondary N) is 2. The smallest absolute Gasteiger partial charge is 0.265 e. The van der Waals surface area contributed by atoms with Gasteiger partial charge in [-0.05, 0) is 54.6 Å². The molecule has 1 aliphatic heterocycles. The number of nitriles is 1. The molecule has 0 fully saturated rings. The number of fused-ring (bicyclic) bond motifs is 1. The molecule has 1 unspecified atom stereocenters. The lowest BCUT2D eigenvalue weighted by atomic mass is 10.1. The standard InChI is InChI=1S/C23H16Cl2N4O4S/c24-17-10-9-16(11-18(17)25)34(32,33)29-20-4-2-1-3-19(20)28-23(31)21(29)12-22(30)27-15-7-5-14(13-26)6-8-15/h1-11,21H,12H2,(H,27,30)(H,28,31). The summed E-state index contributed by atoms with van der Waals surface area (Å²) in [6.07, 6.45) is -0.458. The fourth-order valence-electron chi connectivity index (χ4n) is 3.50. The molecule has 4 rings (SSSR count). The van der Waals surface area contributed by atoms with E-state index in [1.54, 1.807) is 18.2 Å². The molecule has 3 aromatic rings. The number of anilines is 3. The number of rotatable bonds is 5. The van der Waals surface area contributed by atoms with Crippen LogP contribution in [0.3, 0.4) is 0 Å². The Morgan fingerprint density at radius 3 is 2.44 bits per heavy atom. The van der Waals surface area contributed by atoms with Gasteiger partial charge in [0.2, 0.25) is 11.8 Å². The van der Waals surface area contributed by atoms with Crippen molar-refractivity contribution in [2.45, 2.75) is 17.4 Å². The molecule has 1 heterocycles. The summed E-state index contributed by atoms with van der Waals surface area (Å²) in [4.78, 5) is 25.6. The minimum atomic E-state index is -4.31. The van der Waals surface area contributed by atoms with Gasteiger partial charge in [-0.15, -0.1) is 0 Å². The zero-order chi connectivity index (χ0) is 24.5. The predicted octanol–water partition coefficient (Wildman–Crippen LogP) is 4.41. The van der Waals surface area contributed by atoms with Gasteiger partial charge < -0.3 is 10.6 Å². The van der Waals surface area contributed by atoms with Crippen LogP contribution in [0.2, 0.25) is 10.0 Å². The molecule has 0 saturated heterocycles. The van der Waals surface area contributed by atoms with Crippen LogP contribution >= 0.6 is 23.2 Å². The van der Waals surface area contributed by atoms with Crippen molar-refractivity contribution in [3.63, 3.8) is 0 Å². The van der Waals surface area contributed by atoms with Crippen molar-refractivity contribution in [1.82, 2.24) is 0 Å². The number of amides is 2. The Kier molecular flexibility index (Phi) is 6.48. The lowest BCUT2D eigenvalue weighted by Crippen LogP contribution is -2.52. The van der Waals surface area contributed by atoms with Crippen molar-refractivity contribution in [2.75, 3.05) is 14.9 Å². The van der Waals surface area contributed by atoms with Crippen molar-refractivity contribution < 1.29 is 18.0 Å². The van der Waals surface area contributed by atoms with E-state index >= 15 is 0 Å². The average molecular weight is 515 g/mol. The molecule has 8 nitrogen and oxygen atoms in total. The predicted molar refractivity (Wildman–Crippen MR) is 129 cm³/mol. The molecule has 2 N–H and O–H groups in total. The Hall–Kier alpha value is -3.58. The van der Waals surface area contributed by atoms with E-state index in [1.807, 2.05) is 6.07 Å². The number of nitrogens with zero attached hydrogens (tertiary/aromatic N) is 2. The highest BCUT2D eigenvalue weighted by molar-refractivity contribution is 7.93. The summed E-state index contributed by atoms with van der Waals surface area (Å²) < 4.78 is 28.3. The lowest BCUT2D eigenvalue weighted by molar-refractivity contribution is -0.122. The largest absolute Gasteiger partial charge is 0.326 e. The highest BCUT2D eigenvalue weighted by atomic mass is 35.5. The van der Waals surface area contributed by atoms with Gasteiger partial charge in [0.1, 0.15) is 6.04 Å². The van der Waals surface area contributed by atoms with Crippen LogP contribution in [0.4, 0.5) is 17.1 Å². The second-order valence-corrected chi connectivity index (χ2v) is 9.97. The maximum Gasteiger partial charge on any atom is 0.265 e. The summed E-state index contributed by atoms with van der Waals surface area (Å²) in [5.74, 6) is -1.24. The second kappa shape index (κ2) is 9.35. The molecule has 1 atom stereocenters. The topological polar surface area (TPSA) is 119 Å². The second-order valence-electron chi connectivity index (χ2n) is 7.34. The fraction of sp³-hybridized carbons (Fsp3) is 0.0870. The summed E-state index contributed by atoms with van der Waals surface area (Å²) >= 11 is 12.0. The minimum absolute atomic E-state index is 0.0348. The molecule has 0 spiro atoms. The van der Waals surface area contributed by atoms with Crippen LogP contribution in [0.1, 0.15) is 12.0 Å². The van der Waals surface area contributed by atoms with Gasteiger partial charge >= 0.3 is 0 Å². The van der Waals surface area contributed by atoms with E-state index in [0.717, 1.165) is 4.31 Å². The van der Waals surface area contributed by atoms with Crippen molar-refractivity contribution in [1.29, 1.82) is 5.26 Å². The van der Waals surface area contributed by atoms with Gasteiger partial charge in [-0.2, -0.15) is 5.26 Å². The fourth-order valence-corrected chi connectivity index (χ4v) is 5.52. The molecule has 1 aliphatic rings. The Morgan fingerprint density at radius 1 is 1.06 bits per heavy atom. The van der Waals surface area contributed by atoms with Crippen LogP contribution in [0.15, 0.2) is 71.6 Å². The summed E-state index contributed by atoms with van der Waals surface area (Å²) in [7, 11) is -4.31. The third-order valence-corrected chi connectivity index (χ3v) is 7.67. The van der Waals surface area contributed by atoms with Gasteiger partial charge in [-0.1, -0.05) is 35.3 Å². The van der Waals surface area contributed by atoms with E-state index in [0.29, 0.717) is 16.9 Å². The normalized spacial score (nSPS) is 15.1. The van der Waals surface area contributed by atoms with Crippen LogP contribution in [-0.4, -0.2) is 26.3 Å². The van der Waals surface area contributed by atoms with Gasteiger partial charge in [-0.25, -0.2) is 8.42 Å². The zero-order valence-corrected chi connectivity index (χ0v) is 19.7. The number of hydrogen-bond acceptors (Lipinski definition) is 5. The summed E-state index contributed by atoms with van der Waals surface area (Å²) in [6.45, 7) is 0. The first kappa shape index (κ1) is 23.6. The lowest BCUT2D eigenvalue weighted by Gasteiger charge is -2.36. The van der Waals surface area contributed by atoms with Gasteiger partial charge in [-0.3, -0.25) is 13.9 Å². The van der Waals surface area contributed by atoms with E-state index in [-0.39, 0.29) is 20.6 Å². The molecule has 0 saturated carbocycles. The van der Waals surface area contributed by atoms with Crippen LogP contribution < -0.4 is 14.9 Å². The molecule has 3 aromatic carbocycles. The highest BCUT2D eigenvalue weighted by Gasteiger charge is 2.42. The number of benzene rings is 3. The molecular weight excluding hydrogens is 499 g/mol. The van der Waals surface area contributed by atoms with Crippen LogP contribution in [0, 0.1) is 11.3 Å². The molecule has 0 aromatic heterocycles. The number of para-hydroxylation sites is 2. The molecule has 11 heteroatoms. The van der Waals surface area contributed by atoms with Crippen LogP contribution in [-0.2, 0) is 19.6 Å². The number of sulfonamides is 1. The number of carbonyl (C=O) groups excluding carboxylic acids is 2. The Morgan fingerprint density at radius 2 is 1.76 bits per heavy atom. The highest BCUT2D eigenvalue weighted by Crippen LogP contribution is 2.38. The third kappa shape index (κ3) is 4.56. The van der Waals surface area contributed by atoms with E-state index in [9.17, 15) is 18.0 Å². The monoisotopic (exact) mass is 514 g/mol. The van der Waals surface area contributed by atoms with Gasteiger partial charge in [0.05, 0.1) is 44.4 Å². The molecule has 2 amide bonds. The number of halogens is 2. The molecular formula is C23H16Cl2N4O4S. The molecule has 0 aliphatic carbocycles. The molecule has 0 radical (unpaired) electrons. The Bertz CT molecular complexity index is 1440. The first-order chi connectivity index (χ1) is 16.2. The van der Waals surface area contributed by atoms with Gasteiger partial charge in [0.25, 0.3) is 10.0 Å². The molecule has 172 valence electrons. The summed E-state index contributed by atoms with van der Waals surface area (Å²) in [6, 6.07) is 17.0. The first-order valence-electron chi connectivity index (χ1n) is 9.90. The maximum atomic E-state index is 13.7. The van der Waals surface area contributed by atoms with Crippen LogP contribution in [0.25, 0.3) is 0 Å². The number of carbonyl (C=O) groups is 2. The molecule has 0 bridgehead atoms. The Balaban J connectivity index is 1.71. The number of hydrogen-bond donors (Lipinski definition) is 2.